The van der Waals surface area contributed by atoms with Gasteiger partial charge in [0.1, 0.15) is 17.7 Å². The monoisotopic (exact) mass is 514 g/mol. The van der Waals surface area contributed by atoms with E-state index in [1.165, 1.54) is 29.0 Å². The van der Waals surface area contributed by atoms with Gasteiger partial charge in [-0.1, -0.05) is 18.2 Å². The van der Waals surface area contributed by atoms with Crippen LogP contribution in [0.1, 0.15) is 44.4 Å². The maximum Gasteiger partial charge on any atom is 0.280 e. The first kappa shape index (κ1) is 24.6. The standard InChI is InChI=1S/C29H27FN4O2S/c1-17-5-6-21(13-18(17)2)27(20(4)33-28(35)29-31-15-19(3)37-29)36-25-11-12-26-22(14-25)16-32-34(26)24-9-7-23(30)8-10-24/h5-16,20,27H,1-4H3,(H,33,35). The lowest BCUT2D eigenvalue weighted by atomic mass is 9.98. The molecule has 1 N–H and O–H groups in total. The number of hydrogen-bond acceptors (Lipinski definition) is 5. The Morgan fingerprint density at radius 3 is 2.49 bits per heavy atom. The van der Waals surface area contributed by atoms with Gasteiger partial charge < -0.3 is 10.1 Å². The summed E-state index contributed by atoms with van der Waals surface area (Å²) in [6.45, 7) is 7.99. The predicted octanol–water partition coefficient (Wildman–Crippen LogP) is 6.48. The van der Waals surface area contributed by atoms with Crippen molar-refractivity contribution in [2.45, 2.75) is 39.8 Å². The molecule has 0 aliphatic carbocycles. The number of fused-ring (bicyclic) bond motifs is 1. The van der Waals surface area contributed by atoms with Crippen LogP contribution in [0.25, 0.3) is 16.6 Å². The molecule has 188 valence electrons. The van der Waals surface area contributed by atoms with Crippen molar-refractivity contribution in [3.8, 4) is 11.4 Å². The maximum absolute atomic E-state index is 13.4. The molecule has 0 spiro atoms. The molecule has 5 aromatic rings. The van der Waals surface area contributed by atoms with Crippen LogP contribution in [0.3, 0.4) is 0 Å². The molecule has 2 aromatic heterocycles. The number of rotatable bonds is 7. The zero-order valence-corrected chi connectivity index (χ0v) is 21.8. The van der Waals surface area contributed by atoms with Crippen molar-refractivity contribution in [1.29, 1.82) is 0 Å². The lowest BCUT2D eigenvalue weighted by Gasteiger charge is -2.27. The Balaban J connectivity index is 1.44. The van der Waals surface area contributed by atoms with Gasteiger partial charge in [0.25, 0.3) is 5.91 Å². The maximum atomic E-state index is 13.4. The van der Waals surface area contributed by atoms with Gasteiger partial charge in [0.15, 0.2) is 5.01 Å². The van der Waals surface area contributed by atoms with E-state index >= 15 is 0 Å². The Bertz CT molecular complexity index is 1570. The zero-order valence-electron chi connectivity index (χ0n) is 21.0. The Kier molecular flexibility index (Phi) is 6.76. The van der Waals surface area contributed by atoms with Gasteiger partial charge in [-0.15, -0.1) is 11.3 Å². The summed E-state index contributed by atoms with van der Waals surface area (Å²) >= 11 is 1.36. The van der Waals surface area contributed by atoms with Gasteiger partial charge in [0, 0.05) is 16.5 Å². The minimum Gasteiger partial charge on any atom is -0.484 e. The number of benzene rings is 3. The lowest BCUT2D eigenvalue weighted by molar-refractivity contribution is 0.0881. The average molecular weight is 515 g/mol. The van der Waals surface area contributed by atoms with Crippen molar-refractivity contribution in [3.05, 3.63) is 105 Å². The molecule has 0 radical (unpaired) electrons. The summed E-state index contributed by atoms with van der Waals surface area (Å²) in [5.74, 6) is 0.138. The summed E-state index contributed by atoms with van der Waals surface area (Å²) in [4.78, 5) is 18.1. The first-order valence-electron chi connectivity index (χ1n) is 12.0. The number of nitrogens with one attached hydrogen (secondary N) is 1. The summed E-state index contributed by atoms with van der Waals surface area (Å²) in [5.41, 5.74) is 4.95. The van der Waals surface area contributed by atoms with Crippen molar-refractivity contribution in [2.24, 2.45) is 0 Å². The number of nitrogens with zero attached hydrogens (tertiary/aromatic N) is 3. The van der Waals surface area contributed by atoms with Crippen LogP contribution in [-0.2, 0) is 0 Å². The van der Waals surface area contributed by atoms with E-state index in [2.05, 4.69) is 41.4 Å². The van der Waals surface area contributed by atoms with E-state index in [0.717, 1.165) is 32.6 Å². The van der Waals surface area contributed by atoms with E-state index in [1.807, 2.05) is 38.1 Å². The molecule has 0 bridgehead atoms. The Hall–Kier alpha value is -4.04. The number of aryl methyl sites for hydroxylation is 3. The number of aromatic nitrogens is 3. The summed E-state index contributed by atoms with van der Waals surface area (Å²) in [5, 5.41) is 8.86. The highest BCUT2D eigenvalue weighted by molar-refractivity contribution is 7.13. The highest BCUT2D eigenvalue weighted by Gasteiger charge is 2.25. The first-order valence-corrected chi connectivity index (χ1v) is 12.8. The molecule has 2 unspecified atom stereocenters. The molecular formula is C29H27FN4O2S. The normalized spacial score (nSPS) is 12.9. The molecule has 0 saturated carbocycles. The quantitative estimate of drug-likeness (QED) is 0.270. The lowest BCUT2D eigenvalue weighted by Crippen LogP contribution is -2.39. The molecule has 37 heavy (non-hydrogen) atoms. The number of halogens is 1. The van der Waals surface area contributed by atoms with Gasteiger partial charge in [-0.3, -0.25) is 4.79 Å². The average Bonchev–Trinajstić information content (AvgIpc) is 3.51. The fraction of sp³-hybridized carbons (Fsp3) is 0.207. The largest absolute Gasteiger partial charge is 0.484 e. The summed E-state index contributed by atoms with van der Waals surface area (Å²) < 4.78 is 21.7. The molecule has 0 saturated heterocycles. The van der Waals surface area contributed by atoms with E-state index in [1.54, 1.807) is 29.2 Å². The first-order chi connectivity index (χ1) is 17.8. The Morgan fingerprint density at radius 1 is 1.00 bits per heavy atom. The van der Waals surface area contributed by atoms with Gasteiger partial charge in [-0.05, 0) is 86.8 Å². The summed E-state index contributed by atoms with van der Waals surface area (Å²) in [7, 11) is 0. The van der Waals surface area contributed by atoms with Crippen LogP contribution in [0.15, 0.2) is 73.1 Å². The zero-order chi connectivity index (χ0) is 26.1. The summed E-state index contributed by atoms with van der Waals surface area (Å²) in [6, 6.07) is 17.8. The number of ether oxygens (including phenoxy) is 1. The van der Waals surface area contributed by atoms with Crippen LogP contribution in [0.2, 0.25) is 0 Å². The number of carbonyl (C=O) groups excluding carboxylic acids is 1. The van der Waals surface area contributed by atoms with Crippen molar-refractivity contribution < 1.29 is 13.9 Å². The van der Waals surface area contributed by atoms with E-state index in [9.17, 15) is 9.18 Å². The van der Waals surface area contributed by atoms with E-state index in [4.69, 9.17) is 4.74 Å². The highest BCUT2D eigenvalue weighted by Crippen LogP contribution is 2.30. The number of carbonyl (C=O) groups is 1. The molecule has 0 fully saturated rings. The Morgan fingerprint density at radius 2 is 1.78 bits per heavy atom. The number of hydrogen-bond donors (Lipinski definition) is 1. The second kappa shape index (κ2) is 10.1. The van der Waals surface area contributed by atoms with Gasteiger partial charge in [0.2, 0.25) is 0 Å². The minimum atomic E-state index is -0.436. The van der Waals surface area contributed by atoms with Gasteiger partial charge >= 0.3 is 0 Å². The van der Waals surface area contributed by atoms with Crippen molar-refractivity contribution in [3.63, 3.8) is 0 Å². The topological polar surface area (TPSA) is 69.0 Å². The van der Waals surface area contributed by atoms with E-state index < -0.39 is 6.10 Å². The molecule has 3 aromatic carbocycles. The number of amides is 1. The molecule has 2 heterocycles. The highest BCUT2D eigenvalue weighted by atomic mass is 32.1. The molecule has 2 atom stereocenters. The van der Waals surface area contributed by atoms with E-state index in [-0.39, 0.29) is 17.8 Å². The third-order valence-electron chi connectivity index (χ3n) is 6.36. The van der Waals surface area contributed by atoms with Crippen molar-refractivity contribution >= 4 is 28.1 Å². The third-order valence-corrected chi connectivity index (χ3v) is 7.27. The fourth-order valence-corrected chi connectivity index (χ4v) is 4.89. The molecule has 1 amide bonds. The molecule has 8 heteroatoms. The Labute approximate surface area is 218 Å². The van der Waals surface area contributed by atoms with Crippen LogP contribution in [0, 0.1) is 26.6 Å². The third kappa shape index (κ3) is 5.24. The van der Waals surface area contributed by atoms with Crippen molar-refractivity contribution in [2.75, 3.05) is 0 Å². The molecule has 0 aliphatic rings. The van der Waals surface area contributed by atoms with Gasteiger partial charge in [0.05, 0.1) is 23.4 Å². The van der Waals surface area contributed by atoms with Crippen LogP contribution in [-0.4, -0.2) is 26.7 Å². The van der Waals surface area contributed by atoms with Crippen LogP contribution in [0.4, 0.5) is 4.39 Å². The van der Waals surface area contributed by atoms with Crippen LogP contribution >= 0.6 is 11.3 Å². The second-order valence-electron chi connectivity index (χ2n) is 9.17. The second-order valence-corrected chi connectivity index (χ2v) is 10.4. The fourth-order valence-electron chi connectivity index (χ4n) is 4.22. The molecule has 5 rings (SSSR count). The van der Waals surface area contributed by atoms with Crippen LogP contribution in [0.5, 0.6) is 5.75 Å². The predicted molar refractivity (Wildman–Crippen MR) is 144 cm³/mol. The molecule has 6 nitrogen and oxygen atoms in total. The smallest absolute Gasteiger partial charge is 0.280 e. The SMILES string of the molecule is Cc1cnc(C(=O)NC(C)C(Oc2ccc3c(cnn3-c3ccc(F)cc3)c2)c2ccc(C)c(C)c2)s1. The van der Waals surface area contributed by atoms with Crippen molar-refractivity contribution in [1.82, 2.24) is 20.1 Å². The minimum absolute atomic E-state index is 0.223. The summed E-state index contributed by atoms with van der Waals surface area (Å²) in [6.07, 6.45) is 3.02. The molecule has 0 aliphatic heterocycles. The van der Waals surface area contributed by atoms with Gasteiger partial charge in [-0.2, -0.15) is 5.10 Å². The molecular weight excluding hydrogens is 487 g/mol. The van der Waals surface area contributed by atoms with Crippen LogP contribution < -0.4 is 10.1 Å². The van der Waals surface area contributed by atoms with Gasteiger partial charge in [-0.25, -0.2) is 14.1 Å². The number of thiazole rings is 1. The van der Waals surface area contributed by atoms with E-state index in [0.29, 0.717) is 10.8 Å².